The Labute approximate surface area is 145 Å². The smallest absolute Gasteiger partial charge is 0.270 e. The predicted octanol–water partition coefficient (Wildman–Crippen LogP) is 2.46. The van der Waals surface area contributed by atoms with Crippen LogP contribution >= 0.6 is 0 Å². The normalized spacial score (nSPS) is 17.3. The number of nitrogens with zero attached hydrogens (tertiary/aromatic N) is 4. The fourth-order valence-corrected chi connectivity index (χ4v) is 3.47. The first-order valence-corrected chi connectivity index (χ1v) is 8.65. The fourth-order valence-electron chi connectivity index (χ4n) is 3.47. The van der Waals surface area contributed by atoms with Crippen LogP contribution in [-0.2, 0) is 6.54 Å². The van der Waals surface area contributed by atoms with Crippen LogP contribution in [0.5, 0.6) is 5.75 Å². The molecular weight excluding hydrogens is 318 g/mol. The van der Waals surface area contributed by atoms with Crippen LogP contribution < -0.4 is 4.74 Å². The molecule has 1 amide bonds. The summed E-state index contributed by atoms with van der Waals surface area (Å²) >= 11 is 0. The number of likely N-dealkylation sites (tertiary alicyclic amines) is 1. The Morgan fingerprint density at radius 2 is 2.32 bits per heavy atom. The second-order valence-electron chi connectivity index (χ2n) is 6.28. The van der Waals surface area contributed by atoms with Crippen LogP contribution in [0.2, 0.25) is 0 Å². The summed E-state index contributed by atoms with van der Waals surface area (Å²) in [6.07, 6.45) is 5.49. The molecule has 1 atom stereocenters. The molecule has 4 rings (SSSR count). The van der Waals surface area contributed by atoms with Crippen molar-refractivity contribution in [3.8, 4) is 5.75 Å². The molecule has 0 aliphatic carbocycles. The van der Waals surface area contributed by atoms with Crippen molar-refractivity contribution in [2.24, 2.45) is 0 Å². The van der Waals surface area contributed by atoms with E-state index >= 15 is 0 Å². The number of carbonyl (C=O) groups excluding carboxylic acids is 1. The molecule has 1 aliphatic heterocycles. The van der Waals surface area contributed by atoms with Gasteiger partial charge >= 0.3 is 0 Å². The molecule has 2 aromatic heterocycles. The quantitative estimate of drug-likeness (QED) is 0.775. The summed E-state index contributed by atoms with van der Waals surface area (Å²) in [5, 5.41) is 8.86. The minimum atomic E-state index is 0.0387. The number of rotatable bonds is 5. The zero-order valence-electron chi connectivity index (χ0n) is 14.2. The van der Waals surface area contributed by atoms with E-state index in [9.17, 15) is 4.79 Å². The highest BCUT2D eigenvalue weighted by atomic mass is 16.5. The lowest BCUT2D eigenvalue weighted by molar-refractivity contribution is 0.0716. The number of fused-ring (bicyclic) bond motifs is 1. The Bertz CT molecular complexity index is 871. The summed E-state index contributed by atoms with van der Waals surface area (Å²) in [4.78, 5) is 18.2. The van der Waals surface area contributed by atoms with E-state index in [4.69, 9.17) is 4.74 Å². The lowest BCUT2D eigenvalue weighted by Crippen LogP contribution is -2.38. The molecule has 0 radical (unpaired) electrons. The maximum Gasteiger partial charge on any atom is 0.270 e. The number of aromatic nitrogens is 4. The number of amides is 1. The maximum absolute atomic E-state index is 13.0. The number of benzene rings is 1. The summed E-state index contributed by atoms with van der Waals surface area (Å²) in [5.41, 5.74) is 1.54. The first-order valence-electron chi connectivity index (χ1n) is 8.65. The number of hydrogen-bond donors (Lipinski definition) is 1. The van der Waals surface area contributed by atoms with Gasteiger partial charge in [0.05, 0.1) is 25.4 Å². The molecule has 0 spiro atoms. The molecule has 0 saturated carbocycles. The summed E-state index contributed by atoms with van der Waals surface area (Å²) in [5.74, 6) is 0.845. The summed E-state index contributed by atoms with van der Waals surface area (Å²) < 4.78 is 7.32. The minimum absolute atomic E-state index is 0.0387. The Morgan fingerprint density at radius 1 is 1.40 bits per heavy atom. The van der Waals surface area contributed by atoms with E-state index in [1.165, 1.54) is 0 Å². The molecule has 0 bridgehead atoms. The molecule has 25 heavy (non-hydrogen) atoms. The first-order chi connectivity index (χ1) is 12.2. The zero-order valence-corrected chi connectivity index (χ0v) is 14.2. The highest BCUT2D eigenvalue weighted by molar-refractivity contribution is 5.98. The summed E-state index contributed by atoms with van der Waals surface area (Å²) in [7, 11) is 0. The van der Waals surface area contributed by atoms with Crippen LogP contribution in [0.4, 0.5) is 0 Å². The monoisotopic (exact) mass is 339 g/mol. The standard InChI is InChI=1S/C18H21N5O2/c1-2-25-15-6-5-13-10-17(20-16(13)11-15)18(24)23-8-3-4-14(23)12-22-9-7-19-21-22/h5-7,9-11,14,20H,2-4,8,12H2,1H3/t14-/m0/s1. The lowest BCUT2D eigenvalue weighted by atomic mass is 10.2. The topological polar surface area (TPSA) is 76.0 Å². The van der Waals surface area contributed by atoms with Crippen LogP contribution in [0.1, 0.15) is 30.3 Å². The summed E-state index contributed by atoms with van der Waals surface area (Å²) in [6.45, 7) is 4.03. The van der Waals surface area contributed by atoms with Crippen molar-refractivity contribution >= 4 is 16.8 Å². The van der Waals surface area contributed by atoms with Crippen molar-refractivity contribution in [2.75, 3.05) is 13.2 Å². The molecule has 1 saturated heterocycles. The van der Waals surface area contributed by atoms with E-state index in [0.717, 1.165) is 36.0 Å². The predicted molar refractivity (Wildman–Crippen MR) is 93.5 cm³/mol. The van der Waals surface area contributed by atoms with Gasteiger partial charge in [-0.15, -0.1) is 5.10 Å². The average molecular weight is 339 g/mol. The largest absolute Gasteiger partial charge is 0.494 e. The summed E-state index contributed by atoms with van der Waals surface area (Å²) in [6, 6.07) is 7.91. The third kappa shape index (κ3) is 3.09. The van der Waals surface area contributed by atoms with Gasteiger partial charge in [-0.25, -0.2) is 0 Å². The highest BCUT2D eigenvalue weighted by Crippen LogP contribution is 2.25. The number of ether oxygens (including phenoxy) is 1. The van der Waals surface area contributed by atoms with Gasteiger partial charge in [-0.3, -0.25) is 9.48 Å². The Balaban J connectivity index is 1.55. The third-order valence-corrected chi connectivity index (χ3v) is 4.64. The molecule has 7 nitrogen and oxygen atoms in total. The molecule has 3 heterocycles. The molecule has 7 heteroatoms. The lowest BCUT2D eigenvalue weighted by Gasteiger charge is -2.24. The minimum Gasteiger partial charge on any atom is -0.494 e. The molecule has 1 fully saturated rings. The van der Waals surface area contributed by atoms with Gasteiger partial charge in [0.15, 0.2) is 0 Å². The number of H-pyrrole nitrogens is 1. The van der Waals surface area contributed by atoms with Gasteiger partial charge in [-0.2, -0.15) is 0 Å². The van der Waals surface area contributed by atoms with Gasteiger partial charge in [0, 0.05) is 29.7 Å². The second kappa shape index (κ2) is 6.58. The van der Waals surface area contributed by atoms with Crippen molar-refractivity contribution in [2.45, 2.75) is 32.4 Å². The van der Waals surface area contributed by atoms with Gasteiger partial charge in [0.1, 0.15) is 11.4 Å². The van der Waals surface area contributed by atoms with Crippen molar-refractivity contribution in [1.82, 2.24) is 24.9 Å². The van der Waals surface area contributed by atoms with E-state index in [2.05, 4.69) is 15.3 Å². The zero-order chi connectivity index (χ0) is 17.2. The second-order valence-corrected chi connectivity index (χ2v) is 6.28. The highest BCUT2D eigenvalue weighted by Gasteiger charge is 2.30. The molecular formula is C18H21N5O2. The van der Waals surface area contributed by atoms with Gasteiger partial charge in [0.2, 0.25) is 0 Å². The number of carbonyl (C=O) groups is 1. The van der Waals surface area contributed by atoms with Crippen molar-refractivity contribution in [1.29, 1.82) is 0 Å². The van der Waals surface area contributed by atoms with Gasteiger partial charge in [0.25, 0.3) is 5.91 Å². The number of aromatic amines is 1. The van der Waals surface area contributed by atoms with E-state index in [1.54, 1.807) is 10.9 Å². The molecule has 0 unspecified atom stereocenters. The molecule has 130 valence electrons. The van der Waals surface area contributed by atoms with Crippen molar-refractivity contribution < 1.29 is 9.53 Å². The number of nitrogens with one attached hydrogen (secondary N) is 1. The Kier molecular flexibility index (Phi) is 4.13. The van der Waals surface area contributed by atoms with Crippen LogP contribution in [-0.4, -0.2) is 50.0 Å². The Hall–Kier alpha value is -2.83. The SMILES string of the molecule is CCOc1ccc2cc(C(=O)N3CCC[C@H]3Cn3ccnn3)[nH]c2c1. The van der Waals surface area contributed by atoms with E-state index < -0.39 is 0 Å². The first kappa shape index (κ1) is 15.7. The van der Waals surface area contributed by atoms with Gasteiger partial charge in [-0.05, 0) is 38.0 Å². The molecule has 3 aromatic rings. The molecule has 1 N–H and O–H groups in total. The number of hydrogen-bond acceptors (Lipinski definition) is 4. The van der Waals surface area contributed by atoms with Crippen LogP contribution in [0.3, 0.4) is 0 Å². The van der Waals surface area contributed by atoms with Crippen LogP contribution in [0, 0.1) is 0 Å². The van der Waals surface area contributed by atoms with Crippen molar-refractivity contribution in [3.63, 3.8) is 0 Å². The molecule has 1 aliphatic rings. The fraction of sp³-hybridized carbons (Fsp3) is 0.389. The van der Waals surface area contributed by atoms with Crippen LogP contribution in [0.25, 0.3) is 10.9 Å². The maximum atomic E-state index is 13.0. The van der Waals surface area contributed by atoms with E-state index in [-0.39, 0.29) is 11.9 Å². The van der Waals surface area contributed by atoms with E-state index in [1.807, 2.05) is 42.3 Å². The molecule has 1 aromatic carbocycles. The van der Waals surface area contributed by atoms with Gasteiger partial charge in [-0.1, -0.05) is 5.21 Å². The third-order valence-electron chi connectivity index (χ3n) is 4.64. The van der Waals surface area contributed by atoms with Crippen LogP contribution in [0.15, 0.2) is 36.7 Å². The van der Waals surface area contributed by atoms with Gasteiger partial charge < -0.3 is 14.6 Å². The van der Waals surface area contributed by atoms with Crippen molar-refractivity contribution in [3.05, 3.63) is 42.4 Å². The van der Waals surface area contributed by atoms with E-state index in [0.29, 0.717) is 18.8 Å². The Morgan fingerprint density at radius 3 is 3.12 bits per heavy atom. The average Bonchev–Trinajstić information content (AvgIpc) is 3.35.